The number of rotatable bonds is 9. The Labute approximate surface area is 122 Å². The van der Waals surface area contributed by atoms with Crippen LogP contribution in [0.5, 0.6) is 0 Å². The second kappa shape index (κ2) is 9.72. The molecule has 0 fully saturated rings. The molecule has 2 N–H and O–H groups in total. The maximum Gasteiger partial charge on any atom is 0.238 e. The van der Waals surface area contributed by atoms with Gasteiger partial charge in [-0.2, -0.15) is 0 Å². The zero-order chi connectivity index (χ0) is 13.9. The predicted octanol–water partition coefficient (Wildman–Crippen LogP) is 2.57. The number of anilines is 1. The summed E-state index contributed by atoms with van der Waals surface area (Å²) in [5.41, 5.74) is 0.775. The molecule has 0 spiro atoms. The van der Waals surface area contributed by atoms with Crippen LogP contribution in [-0.4, -0.2) is 32.2 Å². The fourth-order valence-corrected chi connectivity index (χ4v) is 1.76. The minimum absolute atomic E-state index is 0.0713. The van der Waals surface area contributed by atoms with Gasteiger partial charge in [-0.3, -0.25) is 4.79 Å². The normalized spacial score (nSPS) is 10.2. The van der Waals surface area contributed by atoms with Crippen LogP contribution in [0.3, 0.4) is 0 Å². The summed E-state index contributed by atoms with van der Waals surface area (Å²) in [6, 6.07) is 7.51. The van der Waals surface area contributed by atoms with Gasteiger partial charge < -0.3 is 15.4 Å². The lowest BCUT2D eigenvalue weighted by atomic mass is 10.3. The van der Waals surface area contributed by atoms with Gasteiger partial charge in [0.1, 0.15) is 0 Å². The van der Waals surface area contributed by atoms with E-state index in [1.165, 1.54) is 0 Å². The maximum atomic E-state index is 11.7. The first-order valence-electron chi connectivity index (χ1n) is 6.17. The van der Waals surface area contributed by atoms with E-state index in [1.807, 2.05) is 30.3 Å². The fraction of sp³-hybridized carbons (Fsp3) is 0.357. The Morgan fingerprint density at radius 2 is 2.16 bits per heavy atom. The number of hydrogen-bond donors (Lipinski definition) is 2. The summed E-state index contributed by atoms with van der Waals surface area (Å²) in [6.45, 7) is 5.80. The molecule has 0 unspecified atom stereocenters. The number of para-hydroxylation sites is 1. The standard InChI is InChI=1S/C14H19BrN2O2/c1-2-3-9-19-10-8-16-11-14(18)17-13-7-5-4-6-12(13)15/h2,4-7,16H,1,3,8-11H2,(H,17,18). The van der Waals surface area contributed by atoms with Gasteiger partial charge in [0, 0.05) is 11.0 Å². The zero-order valence-corrected chi connectivity index (χ0v) is 12.4. The molecule has 5 heteroatoms. The van der Waals surface area contributed by atoms with Crippen molar-refractivity contribution in [2.75, 3.05) is 31.6 Å². The molecule has 0 atom stereocenters. The highest BCUT2D eigenvalue weighted by molar-refractivity contribution is 9.10. The molecule has 0 heterocycles. The van der Waals surface area contributed by atoms with Crippen molar-refractivity contribution in [3.63, 3.8) is 0 Å². The van der Waals surface area contributed by atoms with Crippen molar-refractivity contribution in [2.24, 2.45) is 0 Å². The lowest BCUT2D eigenvalue weighted by Gasteiger charge is -2.08. The van der Waals surface area contributed by atoms with E-state index >= 15 is 0 Å². The van der Waals surface area contributed by atoms with E-state index < -0.39 is 0 Å². The molecular weight excluding hydrogens is 308 g/mol. The third kappa shape index (κ3) is 7.10. The van der Waals surface area contributed by atoms with Crippen LogP contribution >= 0.6 is 15.9 Å². The highest BCUT2D eigenvalue weighted by Gasteiger charge is 2.03. The van der Waals surface area contributed by atoms with Gasteiger partial charge in [-0.15, -0.1) is 6.58 Å². The molecule has 1 aromatic carbocycles. The third-order valence-electron chi connectivity index (χ3n) is 2.32. The topological polar surface area (TPSA) is 50.4 Å². The third-order valence-corrected chi connectivity index (χ3v) is 3.01. The van der Waals surface area contributed by atoms with Gasteiger partial charge in [0.2, 0.25) is 5.91 Å². The quantitative estimate of drug-likeness (QED) is 0.541. The number of ether oxygens (including phenoxy) is 1. The van der Waals surface area contributed by atoms with Crippen LogP contribution in [-0.2, 0) is 9.53 Å². The van der Waals surface area contributed by atoms with Gasteiger partial charge in [-0.1, -0.05) is 18.2 Å². The summed E-state index contributed by atoms with van der Waals surface area (Å²) >= 11 is 3.38. The summed E-state index contributed by atoms with van der Waals surface area (Å²) < 4.78 is 6.19. The van der Waals surface area contributed by atoms with Crippen molar-refractivity contribution >= 4 is 27.5 Å². The van der Waals surface area contributed by atoms with Crippen LogP contribution in [0.15, 0.2) is 41.4 Å². The van der Waals surface area contributed by atoms with E-state index in [2.05, 4.69) is 33.1 Å². The molecule has 1 amide bonds. The number of carbonyl (C=O) groups is 1. The second-order valence-corrected chi connectivity index (χ2v) is 4.75. The largest absolute Gasteiger partial charge is 0.380 e. The minimum atomic E-state index is -0.0713. The fourth-order valence-electron chi connectivity index (χ4n) is 1.37. The van der Waals surface area contributed by atoms with E-state index in [0.29, 0.717) is 19.8 Å². The van der Waals surface area contributed by atoms with E-state index in [4.69, 9.17) is 4.74 Å². The Bertz CT molecular complexity index is 410. The number of carbonyl (C=O) groups excluding carboxylic acids is 1. The van der Waals surface area contributed by atoms with Crippen LogP contribution in [0.2, 0.25) is 0 Å². The number of hydrogen-bond acceptors (Lipinski definition) is 3. The van der Waals surface area contributed by atoms with Crippen molar-refractivity contribution in [3.8, 4) is 0 Å². The number of amides is 1. The molecular formula is C14H19BrN2O2. The molecule has 0 aromatic heterocycles. The molecule has 0 bridgehead atoms. The van der Waals surface area contributed by atoms with Crippen LogP contribution in [0.25, 0.3) is 0 Å². The summed E-state index contributed by atoms with van der Waals surface area (Å²) in [4.78, 5) is 11.7. The first kappa shape index (κ1) is 15.9. The van der Waals surface area contributed by atoms with Crippen molar-refractivity contribution in [2.45, 2.75) is 6.42 Å². The average Bonchev–Trinajstić information content (AvgIpc) is 2.40. The van der Waals surface area contributed by atoms with Gasteiger partial charge >= 0.3 is 0 Å². The van der Waals surface area contributed by atoms with Crippen molar-refractivity contribution in [1.82, 2.24) is 5.32 Å². The second-order valence-electron chi connectivity index (χ2n) is 3.89. The summed E-state index contributed by atoms with van der Waals surface area (Å²) in [7, 11) is 0. The van der Waals surface area contributed by atoms with E-state index in [9.17, 15) is 4.79 Å². The van der Waals surface area contributed by atoms with E-state index in [0.717, 1.165) is 16.6 Å². The molecule has 19 heavy (non-hydrogen) atoms. The van der Waals surface area contributed by atoms with Gasteiger partial charge in [0.15, 0.2) is 0 Å². The minimum Gasteiger partial charge on any atom is -0.380 e. The molecule has 1 aromatic rings. The molecule has 0 saturated carbocycles. The van der Waals surface area contributed by atoms with Gasteiger partial charge in [-0.05, 0) is 34.5 Å². The lowest BCUT2D eigenvalue weighted by Crippen LogP contribution is -2.30. The molecule has 1 rings (SSSR count). The van der Waals surface area contributed by atoms with Crippen molar-refractivity contribution in [1.29, 1.82) is 0 Å². The van der Waals surface area contributed by atoms with Gasteiger partial charge in [-0.25, -0.2) is 0 Å². The maximum absolute atomic E-state index is 11.7. The Balaban J connectivity index is 2.12. The van der Waals surface area contributed by atoms with E-state index in [-0.39, 0.29) is 12.5 Å². The highest BCUT2D eigenvalue weighted by atomic mass is 79.9. The first-order valence-corrected chi connectivity index (χ1v) is 6.97. The molecule has 4 nitrogen and oxygen atoms in total. The smallest absolute Gasteiger partial charge is 0.238 e. The van der Waals surface area contributed by atoms with Gasteiger partial charge in [0.05, 0.1) is 25.4 Å². The van der Waals surface area contributed by atoms with Crippen LogP contribution in [0.1, 0.15) is 6.42 Å². The summed E-state index contributed by atoms with van der Waals surface area (Å²) in [6.07, 6.45) is 2.67. The number of benzene rings is 1. The predicted molar refractivity (Wildman–Crippen MR) is 81.3 cm³/mol. The Morgan fingerprint density at radius 3 is 2.89 bits per heavy atom. The number of halogens is 1. The number of nitrogens with one attached hydrogen (secondary N) is 2. The van der Waals surface area contributed by atoms with Crippen molar-refractivity contribution < 1.29 is 9.53 Å². The molecule has 0 aliphatic heterocycles. The average molecular weight is 327 g/mol. The Hall–Kier alpha value is -1.17. The van der Waals surface area contributed by atoms with Crippen LogP contribution in [0.4, 0.5) is 5.69 Å². The van der Waals surface area contributed by atoms with Crippen LogP contribution < -0.4 is 10.6 Å². The molecule has 0 saturated heterocycles. The van der Waals surface area contributed by atoms with Gasteiger partial charge in [0.25, 0.3) is 0 Å². The first-order chi connectivity index (χ1) is 9.24. The van der Waals surface area contributed by atoms with Crippen LogP contribution in [0, 0.1) is 0 Å². The summed E-state index contributed by atoms with van der Waals surface area (Å²) in [5, 5.41) is 5.84. The SMILES string of the molecule is C=CCCOCCNCC(=O)Nc1ccccc1Br. The monoisotopic (exact) mass is 326 g/mol. The molecule has 0 aliphatic carbocycles. The Kier molecular flexibility index (Phi) is 8.13. The molecule has 0 aliphatic rings. The molecule has 104 valence electrons. The molecule has 0 radical (unpaired) electrons. The lowest BCUT2D eigenvalue weighted by molar-refractivity contribution is -0.115. The zero-order valence-electron chi connectivity index (χ0n) is 10.8. The highest BCUT2D eigenvalue weighted by Crippen LogP contribution is 2.20. The Morgan fingerprint density at radius 1 is 1.37 bits per heavy atom. The van der Waals surface area contributed by atoms with Crippen molar-refractivity contribution in [3.05, 3.63) is 41.4 Å². The summed E-state index contributed by atoms with van der Waals surface area (Å²) in [5.74, 6) is -0.0713. The van der Waals surface area contributed by atoms with E-state index in [1.54, 1.807) is 0 Å².